The van der Waals surface area contributed by atoms with Gasteiger partial charge in [0.15, 0.2) is 0 Å². The summed E-state index contributed by atoms with van der Waals surface area (Å²) < 4.78 is 0. The summed E-state index contributed by atoms with van der Waals surface area (Å²) in [5.74, 6) is 1.17. The van der Waals surface area contributed by atoms with E-state index in [4.69, 9.17) is 23.1 Å². The summed E-state index contributed by atoms with van der Waals surface area (Å²) in [6, 6.07) is 1.66. The first-order chi connectivity index (χ1) is 9.40. The SMILES string of the molecule is C#CC(CCC)Nc1c(Cl)cc([N+](=O)[O-])cc1C(=O)O. The van der Waals surface area contributed by atoms with Crippen molar-refractivity contribution in [2.45, 2.75) is 25.8 Å². The van der Waals surface area contributed by atoms with Crippen molar-refractivity contribution < 1.29 is 14.8 Å². The van der Waals surface area contributed by atoms with Gasteiger partial charge in [-0.1, -0.05) is 30.9 Å². The maximum Gasteiger partial charge on any atom is 0.338 e. The Labute approximate surface area is 120 Å². The van der Waals surface area contributed by atoms with E-state index in [0.29, 0.717) is 6.42 Å². The molecule has 2 N–H and O–H groups in total. The zero-order valence-corrected chi connectivity index (χ0v) is 11.5. The molecule has 1 aromatic rings. The molecule has 0 aliphatic carbocycles. The lowest BCUT2D eigenvalue weighted by atomic mass is 10.1. The van der Waals surface area contributed by atoms with Crippen molar-refractivity contribution in [2.75, 3.05) is 5.32 Å². The number of carboxylic acid groups (broad SMARTS) is 1. The van der Waals surface area contributed by atoms with E-state index in [-0.39, 0.29) is 22.0 Å². The summed E-state index contributed by atoms with van der Waals surface area (Å²) in [6.07, 6.45) is 6.78. The lowest BCUT2D eigenvalue weighted by Gasteiger charge is -2.16. The molecule has 106 valence electrons. The number of aromatic carboxylic acids is 1. The van der Waals surface area contributed by atoms with Crippen LogP contribution in [-0.2, 0) is 0 Å². The van der Waals surface area contributed by atoms with Gasteiger partial charge in [0.1, 0.15) is 0 Å². The van der Waals surface area contributed by atoms with Crippen molar-refractivity contribution in [2.24, 2.45) is 0 Å². The number of non-ortho nitro benzene ring substituents is 1. The predicted molar refractivity (Wildman–Crippen MR) is 76.2 cm³/mol. The number of anilines is 1. The van der Waals surface area contributed by atoms with Gasteiger partial charge in [0.25, 0.3) is 5.69 Å². The number of carboxylic acids is 1. The number of nitrogens with one attached hydrogen (secondary N) is 1. The van der Waals surface area contributed by atoms with E-state index < -0.39 is 16.9 Å². The van der Waals surface area contributed by atoms with Gasteiger partial charge in [0, 0.05) is 12.1 Å². The third-order valence-corrected chi connectivity index (χ3v) is 2.91. The van der Waals surface area contributed by atoms with Gasteiger partial charge >= 0.3 is 5.97 Å². The van der Waals surface area contributed by atoms with Crippen LogP contribution >= 0.6 is 11.6 Å². The average Bonchev–Trinajstić information content (AvgIpc) is 2.39. The summed E-state index contributed by atoms with van der Waals surface area (Å²) >= 11 is 5.93. The standard InChI is InChI=1S/C13H13ClN2O4/c1-3-5-8(4-2)15-12-10(13(17)18)6-9(16(19)20)7-11(12)14/h2,6-8,15H,3,5H2,1H3,(H,17,18). The highest BCUT2D eigenvalue weighted by Gasteiger charge is 2.21. The third-order valence-electron chi connectivity index (χ3n) is 2.61. The first-order valence-electron chi connectivity index (χ1n) is 5.84. The van der Waals surface area contributed by atoms with Gasteiger partial charge in [-0.15, -0.1) is 6.42 Å². The average molecular weight is 297 g/mol. The first kappa shape index (κ1) is 15.8. The lowest BCUT2D eigenvalue weighted by Crippen LogP contribution is -2.19. The highest BCUT2D eigenvalue weighted by molar-refractivity contribution is 6.34. The number of rotatable bonds is 6. The minimum absolute atomic E-state index is 0.0482. The monoisotopic (exact) mass is 296 g/mol. The molecule has 0 aromatic heterocycles. The maximum absolute atomic E-state index is 11.2. The molecule has 0 saturated heterocycles. The first-order valence-corrected chi connectivity index (χ1v) is 6.22. The van der Waals surface area contributed by atoms with Gasteiger partial charge < -0.3 is 10.4 Å². The second kappa shape index (κ2) is 6.78. The second-order valence-corrected chi connectivity index (χ2v) is 4.47. The van der Waals surface area contributed by atoms with Gasteiger partial charge in [-0.05, 0) is 6.42 Å². The van der Waals surface area contributed by atoms with Crippen LogP contribution in [0.3, 0.4) is 0 Å². The maximum atomic E-state index is 11.2. The van der Waals surface area contributed by atoms with Crippen molar-refractivity contribution in [1.82, 2.24) is 0 Å². The van der Waals surface area contributed by atoms with E-state index >= 15 is 0 Å². The molecule has 6 nitrogen and oxygen atoms in total. The van der Waals surface area contributed by atoms with E-state index in [1.54, 1.807) is 0 Å². The summed E-state index contributed by atoms with van der Waals surface area (Å²) in [5.41, 5.74) is -0.563. The molecule has 0 saturated carbocycles. The predicted octanol–water partition coefficient (Wildman–Crippen LogP) is 3.16. The van der Waals surface area contributed by atoms with Crippen molar-refractivity contribution >= 4 is 28.9 Å². The van der Waals surface area contributed by atoms with Crippen molar-refractivity contribution in [3.05, 3.63) is 32.8 Å². The molecule has 0 amide bonds. The van der Waals surface area contributed by atoms with E-state index in [9.17, 15) is 14.9 Å². The Kier molecular flexibility index (Phi) is 5.35. The quantitative estimate of drug-likeness (QED) is 0.478. The number of nitro groups is 1. The normalized spacial score (nSPS) is 11.4. The fraction of sp³-hybridized carbons (Fsp3) is 0.308. The van der Waals surface area contributed by atoms with Crippen molar-refractivity contribution in [3.8, 4) is 12.3 Å². The summed E-state index contributed by atoms with van der Waals surface area (Å²) in [6.45, 7) is 1.93. The molecule has 1 aromatic carbocycles. The molecule has 7 heteroatoms. The number of halogens is 1. The zero-order chi connectivity index (χ0) is 15.3. The molecule has 1 rings (SSSR count). The Balaban J connectivity index is 3.28. The highest BCUT2D eigenvalue weighted by Crippen LogP contribution is 2.32. The van der Waals surface area contributed by atoms with Crippen molar-refractivity contribution in [3.63, 3.8) is 0 Å². The molecular formula is C13H13ClN2O4. The number of carbonyl (C=O) groups is 1. The van der Waals surface area contributed by atoms with Crippen LogP contribution in [-0.4, -0.2) is 22.0 Å². The summed E-state index contributed by atoms with van der Waals surface area (Å²) in [5, 5.41) is 22.7. The number of terminal acetylenes is 1. The number of nitro benzene ring substituents is 1. The summed E-state index contributed by atoms with van der Waals surface area (Å²) in [7, 11) is 0. The van der Waals surface area contributed by atoms with E-state index in [0.717, 1.165) is 18.6 Å². The van der Waals surface area contributed by atoms with Crippen LogP contribution in [0.15, 0.2) is 12.1 Å². The number of hydrogen-bond donors (Lipinski definition) is 2. The minimum atomic E-state index is -1.31. The van der Waals surface area contributed by atoms with Gasteiger partial charge in [0.05, 0.1) is 27.2 Å². The van der Waals surface area contributed by atoms with Crippen LogP contribution in [0.25, 0.3) is 0 Å². The number of nitrogens with zero attached hydrogens (tertiary/aromatic N) is 1. The van der Waals surface area contributed by atoms with Crippen LogP contribution in [0.1, 0.15) is 30.1 Å². The lowest BCUT2D eigenvalue weighted by molar-refractivity contribution is -0.384. The molecule has 1 unspecified atom stereocenters. The van der Waals surface area contributed by atoms with E-state index in [2.05, 4.69) is 11.2 Å². The highest BCUT2D eigenvalue weighted by atomic mass is 35.5. The molecule has 0 aliphatic rings. The molecule has 20 heavy (non-hydrogen) atoms. The molecule has 0 aliphatic heterocycles. The van der Waals surface area contributed by atoms with Gasteiger partial charge in [0.2, 0.25) is 0 Å². The van der Waals surface area contributed by atoms with Gasteiger partial charge in [-0.3, -0.25) is 10.1 Å². The van der Waals surface area contributed by atoms with Crippen molar-refractivity contribution in [1.29, 1.82) is 0 Å². The molecule has 0 bridgehead atoms. The molecule has 0 heterocycles. The molecule has 1 atom stereocenters. The molecule has 0 radical (unpaired) electrons. The fourth-order valence-electron chi connectivity index (χ4n) is 1.67. The summed E-state index contributed by atoms with van der Waals surface area (Å²) in [4.78, 5) is 21.2. The van der Waals surface area contributed by atoms with Crippen LogP contribution < -0.4 is 5.32 Å². The third kappa shape index (κ3) is 3.62. The number of benzene rings is 1. The fourth-order valence-corrected chi connectivity index (χ4v) is 1.94. The van der Waals surface area contributed by atoms with Crippen LogP contribution in [0.2, 0.25) is 5.02 Å². The Bertz CT molecular complexity index is 580. The largest absolute Gasteiger partial charge is 0.478 e. The number of hydrogen-bond acceptors (Lipinski definition) is 4. The smallest absolute Gasteiger partial charge is 0.338 e. The van der Waals surface area contributed by atoms with Crippen LogP contribution in [0.4, 0.5) is 11.4 Å². The molecule has 0 spiro atoms. The Morgan fingerprint density at radius 2 is 2.30 bits per heavy atom. The zero-order valence-electron chi connectivity index (χ0n) is 10.7. The molecule has 0 fully saturated rings. The minimum Gasteiger partial charge on any atom is -0.478 e. The van der Waals surface area contributed by atoms with Gasteiger partial charge in [-0.2, -0.15) is 0 Å². The van der Waals surface area contributed by atoms with Gasteiger partial charge in [-0.25, -0.2) is 4.79 Å². The second-order valence-electron chi connectivity index (χ2n) is 4.06. The van der Waals surface area contributed by atoms with Crippen LogP contribution in [0, 0.1) is 22.5 Å². The van der Waals surface area contributed by atoms with E-state index in [1.807, 2.05) is 6.92 Å². The molecular weight excluding hydrogens is 284 g/mol. The Morgan fingerprint density at radius 1 is 1.65 bits per heavy atom. The Morgan fingerprint density at radius 3 is 2.75 bits per heavy atom. The topological polar surface area (TPSA) is 92.5 Å². The van der Waals surface area contributed by atoms with Crippen LogP contribution in [0.5, 0.6) is 0 Å². The van der Waals surface area contributed by atoms with E-state index in [1.165, 1.54) is 0 Å². The Hall–Kier alpha value is -2.26.